The summed E-state index contributed by atoms with van der Waals surface area (Å²) < 4.78 is 1.83. The van der Waals surface area contributed by atoms with Crippen LogP contribution < -0.4 is 4.90 Å². The molecule has 33 heavy (non-hydrogen) atoms. The summed E-state index contributed by atoms with van der Waals surface area (Å²) in [6, 6.07) is 11.7. The zero-order valence-electron chi connectivity index (χ0n) is 18.0. The van der Waals surface area contributed by atoms with Gasteiger partial charge < -0.3 is 9.80 Å². The molecule has 3 aromatic heterocycles. The van der Waals surface area contributed by atoms with E-state index in [-0.39, 0.29) is 11.9 Å². The van der Waals surface area contributed by atoms with Crippen molar-refractivity contribution >= 4 is 11.7 Å². The fraction of sp³-hybridized carbons (Fsp3) is 0.304. The summed E-state index contributed by atoms with van der Waals surface area (Å²) in [5, 5.41) is 17.3. The van der Waals surface area contributed by atoms with Gasteiger partial charge in [0.25, 0.3) is 5.91 Å². The number of hydrogen-bond donors (Lipinski definition) is 0. The number of benzene rings is 1. The Morgan fingerprint density at radius 1 is 0.909 bits per heavy atom. The number of carbonyl (C=O) groups excluding carboxylic acids is 1. The van der Waals surface area contributed by atoms with Gasteiger partial charge in [0.05, 0.1) is 29.7 Å². The zero-order valence-corrected chi connectivity index (χ0v) is 18.0. The summed E-state index contributed by atoms with van der Waals surface area (Å²) in [6.07, 6.45) is 10.6. The normalized spacial score (nSPS) is 20.1. The van der Waals surface area contributed by atoms with Crippen molar-refractivity contribution in [2.75, 3.05) is 24.5 Å². The fourth-order valence-corrected chi connectivity index (χ4v) is 4.95. The van der Waals surface area contributed by atoms with E-state index in [9.17, 15) is 4.79 Å². The third kappa shape index (κ3) is 3.53. The van der Waals surface area contributed by atoms with Crippen LogP contribution in [0, 0.1) is 5.92 Å². The lowest BCUT2D eigenvalue weighted by Gasteiger charge is -2.39. The largest absolute Gasteiger partial charge is 0.350 e. The Morgan fingerprint density at radius 2 is 1.70 bits per heavy atom. The Morgan fingerprint density at radius 3 is 2.48 bits per heavy atom. The van der Waals surface area contributed by atoms with E-state index in [2.05, 4.69) is 30.3 Å². The van der Waals surface area contributed by atoms with Crippen molar-refractivity contribution in [1.29, 1.82) is 0 Å². The summed E-state index contributed by atoms with van der Waals surface area (Å²) in [6.45, 7) is 2.33. The van der Waals surface area contributed by atoms with Crippen molar-refractivity contribution in [2.24, 2.45) is 5.92 Å². The highest BCUT2D eigenvalue weighted by Crippen LogP contribution is 2.35. The van der Waals surface area contributed by atoms with Gasteiger partial charge in [-0.25, -0.2) is 4.98 Å². The molecule has 6 rings (SSSR count). The van der Waals surface area contributed by atoms with Gasteiger partial charge in [-0.3, -0.25) is 9.36 Å². The average molecular weight is 441 g/mol. The van der Waals surface area contributed by atoms with Gasteiger partial charge in [-0.1, -0.05) is 12.1 Å². The molecule has 2 aliphatic rings. The Hall–Kier alpha value is -4.08. The number of amides is 1. The first kappa shape index (κ1) is 19.6. The minimum Gasteiger partial charge on any atom is -0.350 e. The number of rotatable bonds is 4. The number of fused-ring (bicyclic) bond motifs is 1. The van der Waals surface area contributed by atoms with Gasteiger partial charge in [0.15, 0.2) is 11.6 Å². The number of piperidine rings is 1. The van der Waals surface area contributed by atoms with Crippen LogP contribution in [-0.4, -0.2) is 71.2 Å². The molecule has 0 aliphatic carbocycles. The molecule has 1 amide bonds. The second kappa shape index (κ2) is 8.12. The molecular weight excluding hydrogens is 418 g/mol. The van der Waals surface area contributed by atoms with Crippen molar-refractivity contribution in [3.05, 3.63) is 73.1 Å². The molecule has 0 radical (unpaired) electrons. The number of carbonyl (C=O) groups is 1. The quantitative estimate of drug-likeness (QED) is 0.478. The predicted molar refractivity (Wildman–Crippen MR) is 120 cm³/mol. The SMILES string of the molecule is O=C(c1ccccc1-n1nccn1)N1CC[C@H]2CCN(c3ccc(-n4ccnc4)nn3)[C@H]2C1. The first-order valence-electron chi connectivity index (χ1n) is 11.1. The summed E-state index contributed by atoms with van der Waals surface area (Å²) in [5.74, 6) is 2.14. The first-order valence-corrected chi connectivity index (χ1v) is 11.1. The molecule has 0 unspecified atom stereocenters. The molecule has 166 valence electrons. The monoisotopic (exact) mass is 441 g/mol. The number of likely N-dealkylation sites (tertiary alicyclic amines) is 1. The number of nitrogens with zero attached hydrogens (tertiary/aromatic N) is 9. The summed E-state index contributed by atoms with van der Waals surface area (Å²) in [4.78, 5) is 23.3. The van der Waals surface area contributed by atoms with Crippen molar-refractivity contribution in [3.63, 3.8) is 0 Å². The number of aromatic nitrogens is 7. The molecule has 2 saturated heterocycles. The molecular formula is C23H23N9O. The zero-order chi connectivity index (χ0) is 22.2. The minimum atomic E-state index is 0.00902. The van der Waals surface area contributed by atoms with Crippen LogP contribution in [0.4, 0.5) is 5.82 Å². The van der Waals surface area contributed by atoms with E-state index in [4.69, 9.17) is 0 Å². The summed E-state index contributed by atoms with van der Waals surface area (Å²) in [5.41, 5.74) is 1.31. The van der Waals surface area contributed by atoms with Crippen molar-refractivity contribution in [3.8, 4) is 11.5 Å². The van der Waals surface area contributed by atoms with Crippen molar-refractivity contribution in [2.45, 2.75) is 18.9 Å². The maximum absolute atomic E-state index is 13.5. The van der Waals surface area contributed by atoms with E-state index in [1.807, 2.05) is 52.1 Å². The molecule has 2 atom stereocenters. The molecule has 0 spiro atoms. The molecule has 1 aromatic carbocycles. The van der Waals surface area contributed by atoms with E-state index in [0.717, 1.165) is 37.6 Å². The number of hydrogen-bond acceptors (Lipinski definition) is 7. The van der Waals surface area contributed by atoms with Gasteiger partial charge in [-0.2, -0.15) is 15.0 Å². The lowest BCUT2D eigenvalue weighted by molar-refractivity contribution is 0.0678. The Labute approximate surface area is 190 Å². The van der Waals surface area contributed by atoms with E-state index in [1.165, 1.54) is 4.80 Å². The fourth-order valence-electron chi connectivity index (χ4n) is 4.95. The minimum absolute atomic E-state index is 0.00902. The number of para-hydroxylation sites is 1. The number of anilines is 1. The second-order valence-corrected chi connectivity index (χ2v) is 8.40. The maximum Gasteiger partial charge on any atom is 0.256 e. The van der Waals surface area contributed by atoms with Crippen LogP contribution in [0.15, 0.2) is 67.5 Å². The van der Waals surface area contributed by atoms with Crippen LogP contribution in [0.5, 0.6) is 0 Å². The van der Waals surface area contributed by atoms with Gasteiger partial charge in [0, 0.05) is 32.0 Å². The Kier molecular flexibility index (Phi) is 4.82. The lowest BCUT2D eigenvalue weighted by Crippen LogP contribution is -2.50. The molecule has 2 fully saturated rings. The van der Waals surface area contributed by atoms with E-state index >= 15 is 0 Å². The highest BCUT2D eigenvalue weighted by molar-refractivity contribution is 5.97. The van der Waals surface area contributed by atoms with Gasteiger partial charge in [-0.05, 0) is 43.0 Å². The van der Waals surface area contributed by atoms with Crippen LogP contribution in [0.25, 0.3) is 11.5 Å². The molecule has 5 heterocycles. The first-order chi connectivity index (χ1) is 16.3. The van der Waals surface area contributed by atoms with Gasteiger partial charge >= 0.3 is 0 Å². The standard InChI is InChI=1S/C23H23N9O/c33-23(18-3-1-2-4-19(18)32-25-9-10-26-32)29-12-7-17-8-13-31(20(17)15-29)22-6-5-21(27-28-22)30-14-11-24-16-30/h1-6,9-11,14,16-17,20H,7-8,12-13,15H2/t17-,20-/m0/s1. The van der Waals surface area contributed by atoms with E-state index < -0.39 is 0 Å². The molecule has 10 nitrogen and oxygen atoms in total. The smallest absolute Gasteiger partial charge is 0.256 e. The summed E-state index contributed by atoms with van der Waals surface area (Å²) >= 11 is 0. The maximum atomic E-state index is 13.5. The van der Waals surface area contributed by atoms with Crippen LogP contribution >= 0.6 is 0 Å². The van der Waals surface area contributed by atoms with E-state index in [1.54, 1.807) is 24.9 Å². The highest BCUT2D eigenvalue weighted by atomic mass is 16.2. The molecule has 0 saturated carbocycles. The third-order valence-corrected chi connectivity index (χ3v) is 6.62. The van der Waals surface area contributed by atoms with Crippen LogP contribution in [-0.2, 0) is 0 Å². The average Bonchev–Trinajstić information content (AvgIpc) is 3.65. The van der Waals surface area contributed by atoms with E-state index in [0.29, 0.717) is 23.7 Å². The molecule has 10 heteroatoms. The molecule has 0 N–H and O–H groups in total. The third-order valence-electron chi connectivity index (χ3n) is 6.62. The lowest BCUT2D eigenvalue weighted by atomic mass is 9.91. The van der Waals surface area contributed by atoms with Gasteiger partial charge in [0.1, 0.15) is 6.33 Å². The van der Waals surface area contributed by atoms with Crippen LogP contribution in [0.1, 0.15) is 23.2 Å². The predicted octanol–water partition coefficient (Wildman–Crippen LogP) is 1.98. The van der Waals surface area contributed by atoms with Crippen LogP contribution in [0.2, 0.25) is 0 Å². The molecule has 2 aliphatic heterocycles. The summed E-state index contributed by atoms with van der Waals surface area (Å²) in [7, 11) is 0. The second-order valence-electron chi connectivity index (χ2n) is 8.40. The highest BCUT2D eigenvalue weighted by Gasteiger charge is 2.40. The van der Waals surface area contributed by atoms with Gasteiger partial charge in [-0.15, -0.1) is 10.2 Å². The van der Waals surface area contributed by atoms with Crippen molar-refractivity contribution < 1.29 is 4.79 Å². The van der Waals surface area contributed by atoms with Crippen LogP contribution in [0.3, 0.4) is 0 Å². The van der Waals surface area contributed by atoms with Crippen molar-refractivity contribution in [1.82, 2.24) is 39.6 Å². The molecule has 0 bridgehead atoms. The Balaban J connectivity index is 1.23. The molecule has 4 aromatic rings. The van der Waals surface area contributed by atoms with Gasteiger partial charge in [0.2, 0.25) is 0 Å². The number of imidazole rings is 1. The topological polar surface area (TPSA) is 97.9 Å². The Bertz CT molecular complexity index is 1240.